The molecule has 1 nitrogen and oxygen atoms in total. The van der Waals surface area contributed by atoms with Crippen molar-refractivity contribution in [3.63, 3.8) is 0 Å². The first kappa shape index (κ1) is 16.7. The molecule has 0 N–H and O–H groups in total. The molecule has 0 spiro atoms. The molecular formula is C27H16BrN. The number of fused-ring (bicyclic) bond motifs is 6. The van der Waals surface area contributed by atoms with Crippen molar-refractivity contribution in [2.75, 3.05) is 0 Å². The Hall–Kier alpha value is -3.23. The minimum absolute atomic E-state index is 1.02. The molecule has 1 heterocycles. The highest BCUT2D eigenvalue weighted by Crippen LogP contribution is 2.39. The lowest BCUT2D eigenvalue weighted by molar-refractivity contribution is 1.43. The number of halogens is 1. The highest BCUT2D eigenvalue weighted by atomic mass is 79.9. The summed E-state index contributed by atoms with van der Waals surface area (Å²) < 4.78 is 1.12. The van der Waals surface area contributed by atoms with Gasteiger partial charge in [0.1, 0.15) is 0 Å². The predicted octanol–water partition coefficient (Wildman–Crippen LogP) is 8.12. The van der Waals surface area contributed by atoms with Crippen molar-refractivity contribution < 1.29 is 0 Å². The third kappa shape index (κ3) is 2.56. The number of hydrogen-bond donors (Lipinski definition) is 0. The molecule has 0 saturated carbocycles. The Balaban J connectivity index is 1.80. The maximum Gasteiger partial charge on any atom is 0.0788 e. The molecule has 2 heteroatoms. The molecule has 1 aromatic heterocycles. The molecule has 0 saturated heterocycles. The molecule has 0 aliphatic carbocycles. The Morgan fingerprint density at radius 2 is 1.31 bits per heavy atom. The Morgan fingerprint density at radius 1 is 0.552 bits per heavy atom. The van der Waals surface area contributed by atoms with Crippen LogP contribution >= 0.6 is 15.9 Å². The summed E-state index contributed by atoms with van der Waals surface area (Å²) in [6.45, 7) is 0. The lowest BCUT2D eigenvalue weighted by Crippen LogP contribution is -1.91. The van der Waals surface area contributed by atoms with Crippen molar-refractivity contribution in [3.8, 4) is 11.3 Å². The van der Waals surface area contributed by atoms with E-state index in [4.69, 9.17) is 4.98 Å². The van der Waals surface area contributed by atoms with Gasteiger partial charge in [-0.1, -0.05) is 94.8 Å². The SMILES string of the molecule is Brc1cccc2c1ccc1c(-c3ccc4ccccc4c3)nc3ccccc3c12. The van der Waals surface area contributed by atoms with E-state index in [2.05, 4.69) is 113 Å². The first-order valence-corrected chi connectivity index (χ1v) is 10.5. The summed E-state index contributed by atoms with van der Waals surface area (Å²) in [6, 6.07) is 34.4. The van der Waals surface area contributed by atoms with Crippen LogP contribution in [-0.4, -0.2) is 4.98 Å². The Bertz CT molecular complexity index is 1570. The summed E-state index contributed by atoms with van der Waals surface area (Å²) in [5, 5.41) is 8.59. The fourth-order valence-electron chi connectivity index (χ4n) is 4.33. The van der Waals surface area contributed by atoms with Gasteiger partial charge in [0.15, 0.2) is 0 Å². The zero-order chi connectivity index (χ0) is 19.4. The number of benzene rings is 5. The third-order valence-electron chi connectivity index (χ3n) is 5.69. The zero-order valence-electron chi connectivity index (χ0n) is 15.6. The molecule has 0 amide bonds. The third-order valence-corrected chi connectivity index (χ3v) is 6.38. The topological polar surface area (TPSA) is 12.9 Å². The number of para-hydroxylation sites is 1. The van der Waals surface area contributed by atoms with Crippen LogP contribution in [-0.2, 0) is 0 Å². The van der Waals surface area contributed by atoms with Gasteiger partial charge in [0.2, 0.25) is 0 Å². The van der Waals surface area contributed by atoms with E-state index in [0.29, 0.717) is 0 Å². The standard InChI is InChI=1S/C27H16BrN/c28-24-10-5-9-21-20(24)14-15-23-26(21)22-8-3-4-11-25(22)29-27(23)19-13-12-17-6-1-2-7-18(17)16-19/h1-16H. The maximum atomic E-state index is 5.10. The van der Waals surface area contributed by atoms with E-state index in [9.17, 15) is 0 Å². The molecule has 0 fully saturated rings. The molecule has 0 atom stereocenters. The van der Waals surface area contributed by atoms with Crippen molar-refractivity contribution in [3.05, 3.63) is 102 Å². The molecule has 0 bridgehead atoms. The molecule has 6 rings (SSSR count). The molecular weight excluding hydrogens is 418 g/mol. The summed E-state index contributed by atoms with van der Waals surface area (Å²) in [7, 11) is 0. The highest BCUT2D eigenvalue weighted by Gasteiger charge is 2.14. The fraction of sp³-hybridized carbons (Fsp3) is 0. The van der Waals surface area contributed by atoms with Gasteiger partial charge in [-0.05, 0) is 39.7 Å². The van der Waals surface area contributed by atoms with Crippen LogP contribution in [0.5, 0.6) is 0 Å². The maximum absolute atomic E-state index is 5.10. The normalized spacial score (nSPS) is 11.6. The molecule has 0 aliphatic heterocycles. The average Bonchev–Trinajstić information content (AvgIpc) is 2.78. The molecule has 0 unspecified atom stereocenters. The smallest absolute Gasteiger partial charge is 0.0788 e. The van der Waals surface area contributed by atoms with Crippen LogP contribution in [0.4, 0.5) is 0 Å². The molecule has 6 aromatic rings. The monoisotopic (exact) mass is 433 g/mol. The molecule has 5 aromatic carbocycles. The second kappa shape index (κ2) is 6.40. The van der Waals surface area contributed by atoms with Crippen molar-refractivity contribution in [2.24, 2.45) is 0 Å². The fourth-order valence-corrected chi connectivity index (χ4v) is 4.83. The van der Waals surface area contributed by atoms with Gasteiger partial charge in [-0.15, -0.1) is 0 Å². The van der Waals surface area contributed by atoms with Gasteiger partial charge in [-0.25, -0.2) is 4.98 Å². The summed E-state index contributed by atoms with van der Waals surface area (Å²) >= 11 is 3.72. The van der Waals surface area contributed by atoms with Crippen molar-refractivity contribution in [2.45, 2.75) is 0 Å². The average molecular weight is 434 g/mol. The van der Waals surface area contributed by atoms with E-state index in [-0.39, 0.29) is 0 Å². The minimum Gasteiger partial charge on any atom is -0.247 e. The Kier molecular flexibility index (Phi) is 3.68. The van der Waals surface area contributed by atoms with E-state index in [0.717, 1.165) is 21.2 Å². The van der Waals surface area contributed by atoms with Gasteiger partial charge >= 0.3 is 0 Å². The highest BCUT2D eigenvalue weighted by molar-refractivity contribution is 9.10. The van der Waals surface area contributed by atoms with Crippen LogP contribution in [0, 0.1) is 0 Å². The molecule has 136 valence electrons. The summed E-state index contributed by atoms with van der Waals surface area (Å²) in [5.74, 6) is 0. The number of rotatable bonds is 1. The summed E-state index contributed by atoms with van der Waals surface area (Å²) in [5.41, 5.74) is 3.20. The van der Waals surface area contributed by atoms with Crippen LogP contribution in [0.15, 0.2) is 102 Å². The first-order chi connectivity index (χ1) is 14.3. The summed E-state index contributed by atoms with van der Waals surface area (Å²) in [6.07, 6.45) is 0. The van der Waals surface area contributed by atoms with E-state index in [1.54, 1.807) is 0 Å². The predicted molar refractivity (Wildman–Crippen MR) is 127 cm³/mol. The van der Waals surface area contributed by atoms with Crippen LogP contribution in [0.3, 0.4) is 0 Å². The second-order valence-electron chi connectivity index (χ2n) is 7.36. The van der Waals surface area contributed by atoms with E-state index in [1.807, 2.05) is 0 Å². The minimum atomic E-state index is 1.02. The largest absolute Gasteiger partial charge is 0.247 e. The number of pyridine rings is 1. The lowest BCUT2D eigenvalue weighted by atomic mass is 9.94. The number of nitrogens with zero attached hydrogens (tertiary/aromatic N) is 1. The van der Waals surface area contributed by atoms with Crippen LogP contribution in [0.2, 0.25) is 0 Å². The molecule has 0 radical (unpaired) electrons. The van der Waals surface area contributed by atoms with Crippen molar-refractivity contribution in [1.29, 1.82) is 0 Å². The quantitative estimate of drug-likeness (QED) is 0.238. The van der Waals surface area contributed by atoms with Crippen LogP contribution < -0.4 is 0 Å². The second-order valence-corrected chi connectivity index (χ2v) is 8.22. The van der Waals surface area contributed by atoms with Crippen molar-refractivity contribution >= 4 is 59.2 Å². The first-order valence-electron chi connectivity index (χ1n) is 9.68. The summed E-state index contributed by atoms with van der Waals surface area (Å²) in [4.78, 5) is 5.10. The molecule has 29 heavy (non-hydrogen) atoms. The van der Waals surface area contributed by atoms with Gasteiger partial charge in [0.25, 0.3) is 0 Å². The molecule has 0 aliphatic rings. The van der Waals surface area contributed by atoms with Crippen LogP contribution in [0.25, 0.3) is 54.5 Å². The van der Waals surface area contributed by atoms with E-state index < -0.39 is 0 Å². The number of aromatic nitrogens is 1. The number of hydrogen-bond acceptors (Lipinski definition) is 1. The van der Waals surface area contributed by atoms with Crippen LogP contribution in [0.1, 0.15) is 0 Å². The van der Waals surface area contributed by atoms with E-state index >= 15 is 0 Å². The lowest BCUT2D eigenvalue weighted by Gasteiger charge is -2.13. The van der Waals surface area contributed by atoms with Gasteiger partial charge in [-0.3, -0.25) is 0 Å². The van der Waals surface area contributed by atoms with Gasteiger partial charge in [0.05, 0.1) is 11.2 Å². The van der Waals surface area contributed by atoms with Crippen molar-refractivity contribution in [1.82, 2.24) is 4.98 Å². The van der Waals surface area contributed by atoms with Gasteiger partial charge in [0, 0.05) is 26.2 Å². The van der Waals surface area contributed by atoms with E-state index in [1.165, 1.54) is 37.7 Å². The van der Waals surface area contributed by atoms with Gasteiger partial charge in [-0.2, -0.15) is 0 Å². The van der Waals surface area contributed by atoms with Gasteiger partial charge < -0.3 is 0 Å². The Morgan fingerprint density at radius 3 is 2.24 bits per heavy atom. The zero-order valence-corrected chi connectivity index (χ0v) is 17.1. The Labute approximate surface area is 176 Å².